The van der Waals surface area contributed by atoms with Crippen LogP contribution in [-0.4, -0.2) is 41.4 Å². The van der Waals surface area contributed by atoms with Gasteiger partial charge in [-0.05, 0) is 12.8 Å². The van der Waals surface area contributed by atoms with Crippen molar-refractivity contribution in [3.63, 3.8) is 0 Å². The Kier molecular flexibility index (Phi) is 10.6. The molecule has 0 aliphatic carbocycles. The molecule has 2 N–H and O–H groups in total. The molecule has 0 aliphatic heterocycles. The molecular weight excluding hydrogens is 402 g/mol. The van der Waals surface area contributed by atoms with Crippen LogP contribution >= 0.6 is 0 Å². The first-order valence-electron chi connectivity index (χ1n) is 6.42. The molecule has 0 saturated heterocycles. The van der Waals surface area contributed by atoms with E-state index in [4.69, 9.17) is 0 Å². The van der Waals surface area contributed by atoms with Crippen LogP contribution in [0.2, 0.25) is 0 Å². The van der Waals surface area contributed by atoms with Gasteiger partial charge in [0.25, 0.3) is 0 Å². The van der Waals surface area contributed by atoms with Gasteiger partial charge in [-0.15, -0.1) is 13.2 Å². The first kappa shape index (κ1) is 26.1. The smallest absolute Gasteiger partial charge is 0.421 e. The number of nitrogens with two attached hydrogens (primary N) is 1. The van der Waals surface area contributed by atoms with Crippen LogP contribution in [0.1, 0.15) is 12.8 Å². The SMILES string of the molecule is C=CCC(CC=C)C[NH2+]C.O=S(=O)([N-]S(=O)(=O)C(F)(F)F)C(F)(F)F. The van der Waals surface area contributed by atoms with Crippen molar-refractivity contribution in [2.75, 3.05) is 13.6 Å². The normalized spacial score (nSPS) is 13.1. The Morgan fingerprint density at radius 1 is 0.920 bits per heavy atom. The summed E-state index contributed by atoms with van der Waals surface area (Å²) in [7, 11) is -11.3. The molecule has 0 aromatic rings. The van der Waals surface area contributed by atoms with E-state index in [0.717, 1.165) is 22.9 Å². The monoisotopic (exact) mass is 420 g/mol. The third kappa shape index (κ3) is 9.81. The molecule has 0 radical (unpaired) electrons. The Hall–Kier alpha value is -1.12. The molecule has 0 amide bonds. The lowest BCUT2D eigenvalue weighted by atomic mass is 10.0. The van der Waals surface area contributed by atoms with Gasteiger partial charge in [-0.3, -0.25) is 0 Å². The number of sulfonamides is 2. The number of hydrogen-bond donors (Lipinski definition) is 1. The first-order chi connectivity index (χ1) is 11.1. The zero-order chi connectivity index (χ0) is 20.5. The van der Waals surface area contributed by atoms with Crippen molar-refractivity contribution in [3.8, 4) is 0 Å². The standard InChI is InChI=1S/C9H17N.C2F6NO4S2/c1-4-6-9(7-5-2)8-10-3;3-1(4,5)14(10,11)9-15(12,13)2(6,7)8/h4-5,9-10H,1-2,6-8H2,3H3;/q;-1/p+1. The number of allylic oxidation sites excluding steroid dienone is 2. The molecule has 25 heavy (non-hydrogen) atoms. The van der Waals surface area contributed by atoms with Gasteiger partial charge in [-0.1, -0.05) is 12.2 Å². The second kappa shape index (κ2) is 10.1. The lowest BCUT2D eigenvalue weighted by molar-refractivity contribution is -0.632. The van der Waals surface area contributed by atoms with Crippen molar-refractivity contribution < 1.29 is 48.5 Å². The number of quaternary nitrogens is 1. The van der Waals surface area contributed by atoms with Gasteiger partial charge in [0, 0.05) is 5.92 Å². The molecule has 14 heteroatoms. The van der Waals surface area contributed by atoms with Gasteiger partial charge >= 0.3 is 11.0 Å². The van der Waals surface area contributed by atoms with E-state index in [-0.39, 0.29) is 0 Å². The molecule has 0 heterocycles. The molecule has 0 aromatic carbocycles. The molecular formula is C11H18F6N2O4S2. The van der Waals surface area contributed by atoms with Crippen LogP contribution < -0.4 is 5.32 Å². The molecule has 6 nitrogen and oxygen atoms in total. The van der Waals surface area contributed by atoms with Gasteiger partial charge in [0.15, 0.2) is 20.0 Å². The summed E-state index contributed by atoms with van der Waals surface area (Å²) in [5.41, 5.74) is -12.4. The molecule has 0 unspecified atom stereocenters. The van der Waals surface area contributed by atoms with E-state index < -0.39 is 31.1 Å². The number of nitrogens with zero attached hydrogens (tertiary/aromatic N) is 1. The van der Waals surface area contributed by atoms with E-state index in [1.807, 2.05) is 12.2 Å². The molecule has 0 saturated carbocycles. The van der Waals surface area contributed by atoms with Gasteiger partial charge < -0.3 is 9.44 Å². The van der Waals surface area contributed by atoms with Crippen LogP contribution in [0.4, 0.5) is 26.3 Å². The summed E-state index contributed by atoms with van der Waals surface area (Å²) < 4.78 is 109. The van der Waals surface area contributed by atoms with E-state index in [1.54, 1.807) is 0 Å². The molecule has 0 aliphatic rings. The fraction of sp³-hybridized carbons (Fsp3) is 0.636. The van der Waals surface area contributed by atoms with Crippen LogP contribution in [0.3, 0.4) is 0 Å². The van der Waals surface area contributed by atoms with Crippen LogP contribution in [0.15, 0.2) is 25.3 Å². The van der Waals surface area contributed by atoms with Crippen LogP contribution in [0.25, 0.3) is 4.13 Å². The second-order valence-corrected chi connectivity index (χ2v) is 7.90. The van der Waals surface area contributed by atoms with Crippen LogP contribution in [-0.2, 0) is 20.0 Å². The zero-order valence-electron chi connectivity index (χ0n) is 13.0. The molecule has 0 aromatic heterocycles. The maximum Gasteiger partial charge on any atom is 0.480 e. The zero-order valence-corrected chi connectivity index (χ0v) is 14.6. The fourth-order valence-corrected chi connectivity index (χ4v) is 3.02. The number of halogens is 6. The summed E-state index contributed by atoms with van der Waals surface area (Å²) in [6.45, 7) is 8.61. The highest BCUT2D eigenvalue weighted by Crippen LogP contribution is 2.36. The predicted octanol–water partition coefficient (Wildman–Crippen LogP) is 2.01. The highest BCUT2D eigenvalue weighted by Gasteiger charge is 2.46. The van der Waals surface area contributed by atoms with E-state index in [1.165, 1.54) is 6.54 Å². The van der Waals surface area contributed by atoms with Gasteiger partial charge in [-0.25, -0.2) is 16.8 Å². The molecule has 150 valence electrons. The van der Waals surface area contributed by atoms with Gasteiger partial charge in [-0.2, -0.15) is 26.3 Å². The van der Waals surface area contributed by atoms with Gasteiger partial charge in [0.2, 0.25) is 0 Å². The van der Waals surface area contributed by atoms with Crippen molar-refractivity contribution in [2.24, 2.45) is 5.92 Å². The maximum atomic E-state index is 11.4. The predicted molar refractivity (Wildman–Crippen MR) is 79.1 cm³/mol. The Morgan fingerprint density at radius 3 is 1.44 bits per heavy atom. The van der Waals surface area contributed by atoms with Crippen LogP contribution in [0.5, 0.6) is 0 Å². The van der Waals surface area contributed by atoms with Crippen molar-refractivity contribution in [3.05, 3.63) is 29.4 Å². The van der Waals surface area contributed by atoms with Crippen molar-refractivity contribution >= 4 is 20.0 Å². The fourth-order valence-electron chi connectivity index (χ4n) is 1.31. The van der Waals surface area contributed by atoms with E-state index in [9.17, 15) is 43.2 Å². The van der Waals surface area contributed by atoms with Gasteiger partial charge in [0.05, 0.1) is 13.6 Å². The van der Waals surface area contributed by atoms with Crippen LogP contribution in [0, 0.1) is 5.92 Å². The Morgan fingerprint density at radius 2 is 1.24 bits per heavy atom. The highest BCUT2D eigenvalue weighted by molar-refractivity contribution is 8.13. The van der Waals surface area contributed by atoms with Crippen molar-refractivity contribution in [1.29, 1.82) is 0 Å². The van der Waals surface area contributed by atoms with E-state index in [2.05, 4.69) is 25.5 Å². The van der Waals surface area contributed by atoms with Gasteiger partial charge in [0.1, 0.15) is 0 Å². The van der Waals surface area contributed by atoms with E-state index >= 15 is 0 Å². The average Bonchev–Trinajstić information content (AvgIpc) is 2.36. The number of hydrogen-bond acceptors (Lipinski definition) is 4. The minimum Gasteiger partial charge on any atom is -0.421 e. The topological polar surface area (TPSA) is 99.0 Å². The first-order valence-corrected chi connectivity index (χ1v) is 9.30. The summed E-state index contributed by atoms with van der Waals surface area (Å²) in [5, 5.41) is 2.21. The largest absolute Gasteiger partial charge is 0.480 e. The molecule has 0 bridgehead atoms. The minimum atomic E-state index is -6.72. The molecule has 0 spiro atoms. The lowest BCUT2D eigenvalue weighted by Gasteiger charge is -2.22. The Labute approximate surface area is 142 Å². The molecule has 0 atom stereocenters. The highest BCUT2D eigenvalue weighted by atomic mass is 32.3. The maximum absolute atomic E-state index is 11.4. The summed E-state index contributed by atoms with van der Waals surface area (Å²) in [5.74, 6) is 0.736. The summed E-state index contributed by atoms with van der Waals surface area (Å²) in [6, 6.07) is 0. The summed E-state index contributed by atoms with van der Waals surface area (Å²) >= 11 is 0. The third-order valence-corrected chi connectivity index (χ3v) is 5.09. The summed E-state index contributed by atoms with van der Waals surface area (Å²) in [6.07, 6.45) is 6.18. The molecule has 0 fully saturated rings. The Balaban J connectivity index is 0. The number of alkyl halides is 6. The van der Waals surface area contributed by atoms with Crippen molar-refractivity contribution in [1.82, 2.24) is 0 Å². The lowest BCUT2D eigenvalue weighted by Crippen LogP contribution is -2.81. The average molecular weight is 420 g/mol. The molecule has 0 rings (SSSR count). The quantitative estimate of drug-likeness (QED) is 0.480. The summed E-state index contributed by atoms with van der Waals surface area (Å²) in [4.78, 5) is 0. The Bertz CT molecular complexity index is 574. The van der Waals surface area contributed by atoms with Crippen molar-refractivity contribution in [2.45, 2.75) is 23.9 Å². The second-order valence-electron chi connectivity index (χ2n) is 4.47. The van der Waals surface area contributed by atoms with E-state index in [0.29, 0.717) is 0 Å². The number of rotatable bonds is 8. The third-order valence-electron chi connectivity index (χ3n) is 2.35. The minimum absolute atomic E-state index is 0.736.